The Morgan fingerprint density at radius 1 is 1.24 bits per heavy atom. The van der Waals surface area contributed by atoms with Gasteiger partial charge in [-0.25, -0.2) is 9.59 Å². The van der Waals surface area contributed by atoms with Crippen molar-refractivity contribution >= 4 is 12.2 Å². The first kappa shape index (κ1) is 21.5. The average molecular weight is 358 g/mol. The predicted octanol–water partition coefficient (Wildman–Crippen LogP) is 2.81. The van der Waals surface area contributed by atoms with Crippen LogP contribution >= 0.6 is 0 Å². The van der Waals surface area contributed by atoms with E-state index in [9.17, 15) is 9.59 Å². The molecule has 3 N–H and O–H groups in total. The Bertz CT molecular complexity index is 455. The highest BCUT2D eigenvalue weighted by atomic mass is 16.6. The van der Waals surface area contributed by atoms with Crippen LogP contribution in [0.3, 0.4) is 0 Å². The standard InChI is InChI=1S/C18H34N2O5/c1-6-13(2)25-16(23)20-14-9-17(3,4)11-18(5,10-14)12-19-15(22)24-8-7-21/h13-14,21H,6-12H2,1-5H3,(H,19,22)(H,20,23). The number of rotatable bonds is 7. The third-order valence-corrected chi connectivity index (χ3v) is 4.63. The highest BCUT2D eigenvalue weighted by Crippen LogP contribution is 2.45. The molecule has 1 rings (SSSR count). The Labute approximate surface area is 150 Å². The normalized spacial score (nSPS) is 26.4. The van der Waals surface area contributed by atoms with Gasteiger partial charge in [0.05, 0.1) is 6.61 Å². The zero-order valence-electron chi connectivity index (χ0n) is 16.2. The molecule has 2 amide bonds. The second-order valence-electron chi connectivity index (χ2n) is 8.24. The van der Waals surface area contributed by atoms with Gasteiger partial charge in [-0.3, -0.25) is 0 Å². The van der Waals surface area contributed by atoms with Crippen LogP contribution in [0.1, 0.15) is 60.3 Å². The number of carbonyl (C=O) groups is 2. The van der Waals surface area contributed by atoms with Crippen LogP contribution in [0.5, 0.6) is 0 Å². The minimum Gasteiger partial charge on any atom is -0.447 e. The second-order valence-corrected chi connectivity index (χ2v) is 8.24. The molecule has 146 valence electrons. The van der Waals surface area contributed by atoms with E-state index in [1.54, 1.807) is 0 Å². The molecule has 0 aliphatic heterocycles. The number of nitrogens with one attached hydrogen (secondary N) is 2. The number of amides is 2. The van der Waals surface area contributed by atoms with E-state index in [0.717, 1.165) is 25.7 Å². The molecule has 0 heterocycles. The third kappa shape index (κ3) is 7.94. The molecule has 0 bridgehead atoms. The lowest BCUT2D eigenvalue weighted by molar-refractivity contribution is 0.0549. The Balaban J connectivity index is 2.62. The van der Waals surface area contributed by atoms with E-state index in [1.807, 2.05) is 13.8 Å². The van der Waals surface area contributed by atoms with Crippen molar-refractivity contribution in [2.45, 2.75) is 72.4 Å². The highest BCUT2D eigenvalue weighted by Gasteiger charge is 2.42. The van der Waals surface area contributed by atoms with E-state index in [0.29, 0.717) is 6.54 Å². The van der Waals surface area contributed by atoms with Gasteiger partial charge < -0.3 is 25.2 Å². The quantitative estimate of drug-likeness (QED) is 0.650. The fourth-order valence-electron chi connectivity index (χ4n) is 3.81. The van der Waals surface area contributed by atoms with Crippen LogP contribution in [-0.2, 0) is 9.47 Å². The average Bonchev–Trinajstić information content (AvgIpc) is 2.48. The number of alkyl carbamates (subject to hydrolysis) is 2. The summed E-state index contributed by atoms with van der Waals surface area (Å²) in [5.41, 5.74) is -0.119. The molecule has 0 aromatic rings. The van der Waals surface area contributed by atoms with Crippen molar-refractivity contribution in [1.29, 1.82) is 0 Å². The maximum absolute atomic E-state index is 12.0. The third-order valence-electron chi connectivity index (χ3n) is 4.63. The number of aliphatic hydroxyl groups excluding tert-OH is 1. The summed E-state index contributed by atoms with van der Waals surface area (Å²) >= 11 is 0. The Hall–Kier alpha value is -1.50. The zero-order chi connectivity index (χ0) is 19.1. The van der Waals surface area contributed by atoms with Crippen LogP contribution < -0.4 is 10.6 Å². The molecule has 25 heavy (non-hydrogen) atoms. The molecular weight excluding hydrogens is 324 g/mol. The topological polar surface area (TPSA) is 96.9 Å². The first-order valence-corrected chi connectivity index (χ1v) is 9.08. The van der Waals surface area contributed by atoms with Gasteiger partial charge in [-0.05, 0) is 43.4 Å². The van der Waals surface area contributed by atoms with Gasteiger partial charge in [0.25, 0.3) is 0 Å². The lowest BCUT2D eigenvalue weighted by Crippen LogP contribution is -2.50. The van der Waals surface area contributed by atoms with Crippen molar-refractivity contribution in [3.8, 4) is 0 Å². The van der Waals surface area contributed by atoms with Crippen molar-refractivity contribution < 1.29 is 24.2 Å². The summed E-state index contributed by atoms with van der Waals surface area (Å²) in [6.07, 6.45) is 2.32. The number of hydrogen-bond acceptors (Lipinski definition) is 5. The van der Waals surface area contributed by atoms with Crippen molar-refractivity contribution in [3.05, 3.63) is 0 Å². The van der Waals surface area contributed by atoms with Gasteiger partial charge in [0.15, 0.2) is 0 Å². The van der Waals surface area contributed by atoms with Crippen LogP contribution in [0.15, 0.2) is 0 Å². The number of ether oxygens (including phenoxy) is 2. The number of hydrogen-bond donors (Lipinski definition) is 3. The fourth-order valence-corrected chi connectivity index (χ4v) is 3.81. The monoisotopic (exact) mass is 358 g/mol. The lowest BCUT2D eigenvalue weighted by Gasteiger charge is -2.46. The van der Waals surface area contributed by atoms with Gasteiger partial charge >= 0.3 is 12.2 Å². The molecule has 0 aromatic heterocycles. The van der Waals surface area contributed by atoms with Crippen LogP contribution in [-0.4, -0.2) is 49.2 Å². The van der Waals surface area contributed by atoms with Crippen molar-refractivity contribution in [3.63, 3.8) is 0 Å². The summed E-state index contributed by atoms with van der Waals surface area (Å²) in [7, 11) is 0. The molecule has 0 aromatic carbocycles. The van der Waals surface area contributed by atoms with E-state index in [1.165, 1.54) is 0 Å². The molecule has 3 unspecified atom stereocenters. The van der Waals surface area contributed by atoms with E-state index < -0.39 is 6.09 Å². The van der Waals surface area contributed by atoms with Gasteiger partial charge in [0.2, 0.25) is 0 Å². The van der Waals surface area contributed by atoms with Gasteiger partial charge in [0, 0.05) is 12.6 Å². The molecule has 1 aliphatic rings. The summed E-state index contributed by atoms with van der Waals surface area (Å²) in [4.78, 5) is 23.7. The molecule has 0 saturated heterocycles. The summed E-state index contributed by atoms with van der Waals surface area (Å²) < 4.78 is 10.2. The van der Waals surface area contributed by atoms with Gasteiger partial charge in [-0.15, -0.1) is 0 Å². The Morgan fingerprint density at radius 2 is 1.92 bits per heavy atom. The largest absolute Gasteiger partial charge is 0.447 e. The zero-order valence-corrected chi connectivity index (χ0v) is 16.2. The van der Waals surface area contributed by atoms with Gasteiger partial charge in [-0.2, -0.15) is 0 Å². The first-order valence-electron chi connectivity index (χ1n) is 9.08. The van der Waals surface area contributed by atoms with Crippen molar-refractivity contribution in [2.24, 2.45) is 10.8 Å². The maximum Gasteiger partial charge on any atom is 0.407 e. The van der Waals surface area contributed by atoms with Crippen molar-refractivity contribution in [2.75, 3.05) is 19.8 Å². The molecule has 1 fully saturated rings. The Morgan fingerprint density at radius 3 is 2.52 bits per heavy atom. The fraction of sp³-hybridized carbons (Fsp3) is 0.889. The summed E-state index contributed by atoms with van der Waals surface area (Å²) in [6.45, 7) is 10.5. The molecule has 3 atom stereocenters. The van der Waals surface area contributed by atoms with Crippen LogP contribution in [0.25, 0.3) is 0 Å². The number of carbonyl (C=O) groups excluding carboxylic acids is 2. The van der Waals surface area contributed by atoms with Crippen LogP contribution in [0, 0.1) is 10.8 Å². The summed E-state index contributed by atoms with van der Waals surface area (Å²) in [5, 5.41) is 14.4. The SMILES string of the molecule is CCC(C)OC(=O)NC1CC(C)(C)CC(C)(CNC(=O)OCCO)C1. The highest BCUT2D eigenvalue weighted by molar-refractivity contribution is 5.68. The van der Waals surface area contributed by atoms with E-state index >= 15 is 0 Å². The summed E-state index contributed by atoms with van der Waals surface area (Å²) in [5.74, 6) is 0. The summed E-state index contributed by atoms with van der Waals surface area (Å²) in [6, 6.07) is 0.000526. The lowest BCUT2D eigenvalue weighted by atomic mass is 9.62. The minimum absolute atomic E-state index is 0.000526. The van der Waals surface area contributed by atoms with E-state index in [2.05, 4.69) is 31.4 Å². The van der Waals surface area contributed by atoms with Crippen LogP contribution in [0.2, 0.25) is 0 Å². The van der Waals surface area contributed by atoms with Crippen molar-refractivity contribution in [1.82, 2.24) is 10.6 Å². The molecule has 1 saturated carbocycles. The molecule has 0 spiro atoms. The smallest absolute Gasteiger partial charge is 0.407 e. The molecule has 7 heteroatoms. The molecule has 7 nitrogen and oxygen atoms in total. The molecule has 1 aliphatic carbocycles. The van der Waals surface area contributed by atoms with Gasteiger partial charge in [-0.1, -0.05) is 27.7 Å². The Kier molecular flexibility index (Phi) is 7.99. The first-order chi connectivity index (χ1) is 11.6. The van der Waals surface area contributed by atoms with Gasteiger partial charge in [0.1, 0.15) is 12.7 Å². The second kappa shape index (κ2) is 9.27. The number of aliphatic hydroxyl groups is 1. The molecular formula is C18H34N2O5. The van der Waals surface area contributed by atoms with E-state index in [-0.39, 0.29) is 42.3 Å². The molecule has 0 radical (unpaired) electrons. The maximum atomic E-state index is 12.0. The van der Waals surface area contributed by atoms with Crippen LogP contribution in [0.4, 0.5) is 9.59 Å². The minimum atomic E-state index is -0.528. The predicted molar refractivity (Wildman–Crippen MR) is 95.3 cm³/mol. The van der Waals surface area contributed by atoms with E-state index in [4.69, 9.17) is 14.6 Å².